The predicted octanol–water partition coefficient (Wildman–Crippen LogP) is 2.39. The van der Waals surface area contributed by atoms with Crippen molar-refractivity contribution in [3.8, 4) is 0 Å². The number of hydrogen-bond acceptors (Lipinski definition) is 3. The lowest BCUT2D eigenvalue weighted by Crippen LogP contribution is -2.37. The second-order valence-corrected chi connectivity index (χ2v) is 5.73. The summed E-state index contributed by atoms with van der Waals surface area (Å²) in [5.41, 5.74) is 3.56. The van der Waals surface area contributed by atoms with E-state index in [9.17, 15) is 4.79 Å². The van der Waals surface area contributed by atoms with Crippen molar-refractivity contribution in [3.63, 3.8) is 0 Å². The minimum Gasteiger partial charge on any atom is -0.481 e. The third-order valence-corrected chi connectivity index (χ3v) is 3.49. The molecule has 0 aromatic heterocycles. The van der Waals surface area contributed by atoms with Gasteiger partial charge in [0.25, 0.3) is 0 Å². The van der Waals surface area contributed by atoms with Gasteiger partial charge in [0.15, 0.2) is 0 Å². The highest BCUT2D eigenvalue weighted by Crippen LogP contribution is 2.25. The van der Waals surface area contributed by atoms with Crippen molar-refractivity contribution in [2.24, 2.45) is 5.92 Å². The van der Waals surface area contributed by atoms with Crippen molar-refractivity contribution in [1.82, 2.24) is 4.90 Å². The first kappa shape index (κ1) is 16.5. The van der Waals surface area contributed by atoms with Crippen molar-refractivity contribution in [2.75, 3.05) is 38.6 Å². The molecule has 0 aliphatic heterocycles. The molecule has 1 atom stereocenters. The Morgan fingerprint density at radius 2 is 1.75 bits per heavy atom. The molecule has 1 aromatic rings. The minimum atomic E-state index is -0.744. The monoisotopic (exact) mass is 278 g/mol. The maximum atomic E-state index is 11.1. The van der Waals surface area contributed by atoms with E-state index in [0.717, 1.165) is 13.1 Å². The van der Waals surface area contributed by atoms with Gasteiger partial charge in [0.1, 0.15) is 0 Å². The molecule has 1 N–H and O–H groups in total. The molecular weight excluding hydrogens is 252 g/mol. The summed E-state index contributed by atoms with van der Waals surface area (Å²) in [5, 5.41) is 9.16. The van der Waals surface area contributed by atoms with Crippen LogP contribution < -0.4 is 4.90 Å². The summed E-state index contributed by atoms with van der Waals surface area (Å²) in [6, 6.07) is 6.20. The standard InChI is InChI=1S/C16H26N2O2/c1-12-7-6-8-13(2)15(12)18(10-9-17(4)5)11-14(3)16(19)20/h6-8,14H,9-11H2,1-5H3,(H,19,20). The molecule has 0 aliphatic carbocycles. The number of likely N-dealkylation sites (N-methyl/N-ethyl adjacent to an activating group) is 1. The summed E-state index contributed by atoms with van der Waals surface area (Å²) in [4.78, 5) is 15.5. The van der Waals surface area contributed by atoms with E-state index in [1.54, 1.807) is 6.92 Å². The van der Waals surface area contributed by atoms with Crippen molar-refractivity contribution in [1.29, 1.82) is 0 Å². The maximum Gasteiger partial charge on any atom is 0.308 e. The van der Waals surface area contributed by atoms with Crippen LogP contribution in [0.25, 0.3) is 0 Å². The Labute approximate surface area is 122 Å². The van der Waals surface area contributed by atoms with Crippen LogP contribution in [-0.2, 0) is 4.79 Å². The second-order valence-electron chi connectivity index (χ2n) is 5.73. The first-order valence-electron chi connectivity index (χ1n) is 7.01. The summed E-state index contributed by atoms with van der Waals surface area (Å²) in [5.74, 6) is -1.12. The summed E-state index contributed by atoms with van der Waals surface area (Å²) in [7, 11) is 4.06. The van der Waals surface area contributed by atoms with Crippen LogP contribution in [0.2, 0.25) is 0 Å². The molecule has 4 nitrogen and oxygen atoms in total. The summed E-state index contributed by atoms with van der Waals surface area (Å²) >= 11 is 0. The Hall–Kier alpha value is -1.55. The molecular formula is C16H26N2O2. The number of carboxylic acid groups (broad SMARTS) is 1. The Morgan fingerprint density at radius 3 is 2.20 bits per heavy atom. The predicted molar refractivity (Wildman–Crippen MR) is 83.5 cm³/mol. The number of para-hydroxylation sites is 1. The molecule has 0 bridgehead atoms. The number of nitrogens with zero attached hydrogens (tertiary/aromatic N) is 2. The van der Waals surface area contributed by atoms with Gasteiger partial charge in [-0.3, -0.25) is 4.79 Å². The van der Waals surface area contributed by atoms with Gasteiger partial charge in [-0.25, -0.2) is 0 Å². The molecule has 0 saturated heterocycles. The lowest BCUT2D eigenvalue weighted by Gasteiger charge is -2.30. The molecule has 0 radical (unpaired) electrons. The molecule has 1 unspecified atom stereocenters. The van der Waals surface area contributed by atoms with Gasteiger partial charge in [-0.05, 0) is 39.1 Å². The molecule has 0 heterocycles. The second kappa shape index (κ2) is 7.29. The van der Waals surface area contributed by atoms with E-state index in [0.29, 0.717) is 6.54 Å². The van der Waals surface area contributed by atoms with Gasteiger partial charge in [-0.2, -0.15) is 0 Å². The molecule has 20 heavy (non-hydrogen) atoms. The van der Waals surface area contributed by atoms with Crippen LogP contribution in [0.5, 0.6) is 0 Å². The van der Waals surface area contributed by atoms with Crippen molar-refractivity contribution < 1.29 is 9.90 Å². The van der Waals surface area contributed by atoms with Crippen LogP contribution in [-0.4, -0.2) is 49.7 Å². The normalized spacial score (nSPS) is 12.5. The molecule has 0 spiro atoms. The van der Waals surface area contributed by atoms with Crippen LogP contribution in [0.15, 0.2) is 18.2 Å². The average molecular weight is 278 g/mol. The van der Waals surface area contributed by atoms with E-state index in [2.05, 4.69) is 35.8 Å². The van der Waals surface area contributed by atoms with Crippen LogP contribution in [0.1, 0.15) is 18.1 Å². The first-order valence-corrected chi connectivity index (χ1v) is 7.01. The van der Waals surface area contributed by atoms with E-state index in [1.165, 1.54) is 16.8 Å². The van der Waals surface area contributed by atoms with E-state index in [4.69, 9.17) is 5.11 Å². The summed E-state index contributed by atoms with van der Waals surface area (Å²) in [6.45, 7) is 8.19. The lowest BCUT2D eigenvalue weighted by molar-refractivity contribution is -0.140. The fourth-order valence-corrected chi connectivity index (χ4v) is 2.33. The molecule has 1 aromatic carbocycles. The number of rotatable bonds is 7. The highest BCUT2D eigenvalue weighted by atomic mass is 16.4. The molecule has 1 rings (SSSR count). The Kier molecular flexibility index (Phi) is 6.02. The van der Waals surface area contributed by atoms with E-state index in [1.807, 2.05) is 20.2 Å². The highest BCUT2D eigenvalue weighted by Gasteiger charge is 2.19. The van der Waals surface area contributed by atoms with Gasteiger partial charge in [0.05, 0.1) is 5.92 Å². The topological polar surface area (TPSA) is 43.8 Å². The average Bonchev–Trinajstić information content (AvgIpc) is 2.34. The number of anilines is 1. The van der Waals surface area contributed by atoms with Crippen LogP contribution >= 0.6 is 0 Å². The molecule has 0 saturated carbocycles. The van der Waals surface area contributed by atoms with Gasteiger partial charge in [0.2, 0.25) is 0 Å². The van der Waals surface area contributed by atoms with Gasteiger partial charge in [-0.15, -0.1) is 0 Å². The number of carboxylic acids is 1. The number of hydrogen-bond donors (Lipinski definition) is 1. The summed E-state index contributed by atoms with van der Waals surface area (Å²) < 4.78 is 0. The van der Waals surface area contributed by atoms with Gasteiger partial charge >= 0.3 is 5.97 Å². The van der Waals surface area contributed by atoms with Crippen molar-refractivity contribution in [3.05, 3.63) is 29.3 Å². The third-order valence-electron chi connectivity index (χ3n) is 3.49. The fraction of sp³-hybridized carbons (Fsp3) is 0.562. The zero-order chi connectivity index (χ0) is 15.3. The number of aliphatic carboxylic acids is 1. The number of carbonyl (C=O) groups is 1. The maximum absolute atomic E-state index is 11.1. The quantitative estimate of drug-likeness (QED) is 0.832. The lowest BCUT2D eigenvalue weighted by atomic mass is 10.1. The van der Waals surface area contributed by atoms with Gasteiger partial charge < -0.3 is 14.9 Å². The Bertz CT molecular complexity index is 438. The molecule has 0 fully saturated rings. The van der Waals surface area contributed by atoms with Gasteiger partial charge in [-0.1, -0.05) is 25.1 Å². The van der Waals surface area contributed by atoms with Crippen LogP contribution in [0, 0.1) is 19.8 Å². The fourth-order valence-electron chi connectivity index (χ4n) is 2.33. The highest BCUT2D eigenvalue weighted by molar-refractivity contribution is 5.71. The largest absolute Gasteiger partial charge is 0.481 e. The minimum absolute atomic E-state index is 0.379. The summed E-state index contributed by atoms with van der Waals surface area (Å²) in [6.07, 6.45) is 0. The number of benzene rings is 1. The molecule has 0 amide bonds. The van der Waals surface area contributed by atoms with Crippen LogP contribution in [0.3, 0.4) is 0 Å². The molecule has 4 heteroatoms. The zero-order valence-electron chi connectivity index (χ0n) is 13.2. The Balaban J connectivity index is 3.00. The van der Waals surface area contributed by atoms with E-state index < -0.39 is 5.97 Å². The van der Waals surface area contributed by atoms with Crippen LogP contribution in [0.4, 0.5) is 5.69 Å². The zero-order valence-corrected chi connectivity index (χ0v) is 13.2. The SMILES string of the molecule is Cc1cccc(C)c1N(CCN(C)C)CC(C)C(=O)O. The van der Waals surface area contributed by atoms with E-state index in [-0.39, 0.29) is 5.92 Å². The van der Waals surface area contributed by atoms with E-state index >= 15 is 0 Å². The molecule has 112 valence electrons. The van der Waals surface area contributed by atoms with Crippen molar-refractivity contribution >= 4 is 11.7 Å². The van der Waals surface area contributed by atoms with Crippen molar-refractivity contribution in [2.45, 2.75) is 20.8 Å². The smallest absolute Gasteiger partial charge is 0.308 e. The first-order chi connectivity index (χ1) is 9.32. The van der Waals surface area contributed by atoms with Gasteiger partial charge in [0, 0.05) is 25.3 Å². The third kappa shape index (κ3) is 4.53. The number of aryl methyl sites for hydroxylation is 2. The Morgan fingerprint density at radius 1 is 1.20 bits per heavy atom. The molecule has 0 aliphatic rings.